The lowest BCUT2D eigenvalue weighted by Crippen LogP contribution is -1.97. The molecule has 0 spiro atoms. The lowest BCUT2D eigenvalue weighted by Gasteiger charge is -2.05. The molecule has 0 atom stereocenters. The van der Waals surface area contributed by atoms with Gasteiger partial charge in [-0.2, -0.15) is 0 Å². The van der Waals surface area contributed by atoms with E-state index < -0.39 is 0 Å². The van der Waals surface area contributed by atoms with Crippen LogP contribution in [-0.2, 0) is 0 Å². The summed E-state index contributed by atoms with van der Waals surface area (Å²) < 4.78 is 5.44. The number of hydrogen-bond donors (Lipinski definition) is 2. The van der Waals surface area contributed by atoms with Gasteiger partial charge in [-0.25, -0.2) is 0 Å². The quantitative estimate of drug-likeness (QED) is 0.426. The summed E-state index contributed by atoms with van der Waals surface area (Å²) in [6.07, 6.45) is 5.60. The van der Waals surface area contributed by atoms with Crippen molar-refractivity contribution in [1.82, 2.24) is 0 Å². The van der Waals surface area contributed by atoms with Crippen LogP contribution in [0.1, 0.15) is 12.8 Å². The number of anilines is 1. The van der Waals surface area contributed by atoms with Crippen LogP contribution in [0.3, 0.4) is 0 Å². The Balaban J connectivity index is 2.26. The lowest BCUT2D eigenvalue weighted by atomic mass is 10.3. The Morgan fingerprint density at radius 3 is 2.80 bits per heavy atom. The molecule has 1 aromatic rings. The highest BCUT2D eigenvalue weighted by atomic mass is 16.5. The summed E-state index contributed by atoms with van der Waals surface area (Å²) >= 11 is 0. The van der Waals surface area contributed by atoms with Gasteiger partial charge in [0.1, 0.15) is 12.4 Å². The van der Waals surface area contributed by atoms with E-state index in [1.807, 2.05) is 36.4 Å². The second-order valence-electron chi connectivity index (χ2n) is 3.19. The van der Waals surface area contributed by atoms with Crippen molar-refractivity contribution in [3.63, 3.8) is 0 Å². The molecule has 0 amide bonds. The first-order chi connectivity index (χ1) is 7.34. The first kappa shape index (κ1) is 11.6. The molecule has 0 fully saturated rings. The van der Waals surface area contributed by atoms with Gasteiger partial charge in [-0.05, 0) is 25.0 Å². The first-order valence-electron chi connectivity index (χ1n) is 5.07. The molecule has 3 heteroatoms. The third-order valence-electron chi connectivity index (χ3n) is 1.95. The zero-order valence-corrected chi connectivity index (χ0v) is 8.73. The molecular weight excluding hydrogens is 190 g/mol. The average molecular weight is 207 g/mol. The van der Waals surface area contributed by atoms with Gasteiger partial charge in [-0.3, -0.25) is 0 Å². The fourth-order valence-corrected chi connectivity index (χ4v) is 1.14. The minimum absolute atomic E-state index is 0.233. The summed E-state index contributed by atoms with van der Waals surface area (Å²) in [4.78, 5) is 0. The SMILES string of the molecule is Nc1ccccc1OC/C=C/CCCO. The standard InChI is InChI=1S/C12H17NO2/c13-11-7-3-4-8-12(11)15-10-6-2-1-5-9-14/h2-4,6-8,14H,1,5,9-10,13H2/b6-2+. The fourth-order valence-electron chi connectivity index (χ4n) is 1.14. The van der Waals surface area contributed by atoms with Gasteiger partial charge in [-0.15, -0.1) is 0 Å². The highest BCUT2D eigenvalue weighted by molar-refractivity contribution is 5.51. The van der Waals surface area contributed by atoms with E-state index in [2.05, 4.69) is 0 Å². The Morgan fingerprint density at radius 1 is 1.27 bits per heavy atom. The van der Waals surface area contributed by atoms with Crippen molar-refractivity contribution >= 4 is 5.69 Å². The molecule has 0 bridgehead atoms. The molecule has 1 rings (SSSR count). The van der Waals surface area contributed by atoms with Crippen LogP contribution in [0.2, 0.25) is 0 Å². The minimum Gasteiger partial charge on any atom is -0.487 e. The first-order valence-corrected chi connectivity index (χ1v) is 5.07. The monoisotopic (exact) mass is 207 g/mol. The number of allylic oxidation sites excluding steroid dienone is 1. The average Bonchev–Trinajstić information content (AvgIpc) is 2.25. The third-order valence-corrected chi connectivity index (χ3v) is 1.95. The van der Waals surface area contributed by atoms with Crippen LogP contribution in [0.4, 0.5) is 5.69 Å². The molecule has 0 saturated carbocycles. The van der Waals surface area contributed by atoms with E-state index in [-0.39, 0.29) is 6.61 Å². The van der Waals surface area contributed by atoms with E-state index in [0.717, 1.165) is 12.8 Å². The second-order valence-corrected chi connectivity index (χ2v) is 3.19. The van der Waals surface area contributed by atoms with E-state index in [9.17, 15) is 0 Å². The number of aliphatic hydroxyl groups excluding tert-OH is 1. The normalized spacial score (nSPS) is 10.7. The molecule has 0 aliphatic rings. The maximum Gasteiger partial charge on any atom is 0.142 e. The van der Waals surface area contributed by atoms with Crippen molar-refractivity contribution in [3.8, 4) is 5.75 Å². The summed E-state index contributed by atoms with van der Waals surface area (Å²) in [6, 6.07) is 7.42. The van der Waals surface area contributed by atoms with Crippen molar-refractivity contribution in [3.05, 3.63) is 36.4 Å². The number of ether oxygens (including phenoxy) is 1. The van der Waals surface area contributed by atoms with E-state index in [4.69, 9.17) is 15.6 Å². The summed E-state index contributed by atoms with van der Waals surface area (Å²) in [7, 11) is 0. The van der Waals surface area contributed by atoms with Gasteiger partial charge in [0.05, 0.1) is 5.69 Å². The number of hydrogen-bond acceptors (Lipinski definition) is 3. The summed E-state index contributed by atoms with van der Waals surface area (Å²) in [5, 5.41) is 8.56. The molecule has 0 saturated heterocycles. The van der Waals surface area contributed by atoms with Crippen LogP contribution >= 0.6 is 0 Å². The Hall–Kier alpha value is -1.48. The highest BCUT2D eigenvalue weighted by Gasteiger charge is 1.95. The Bertz CT molecular complexity index is 310. The van der Waals surface area contributed by atoms with Gasteiger partial charge >= 0.3 is 0 Å². The molecule has 3 N–H and O–H groups in total. The highest BCUT2D eigenvalue weighted by Crippen LogP contribution is 2.19. The third kappa shape index (κ3) is 4.51. The summed E-state index contributed by atoms with van der Waals surface area (Å²) in [6.45, 7) is 0.747. The van der Waals surface area contributed by atoms with E-state index in [1.54, 1.807) is 0 Å². The zero-order valence-electron chi connectivity index (χ0n) is 8.73. The van der Waals surface area contributed by atoms with Crippen LogP contribution in [0.15, 0.2) is 36.4 Å². The van der Waals surface area contributed by atoms with Crippen molar-refractivity contribution in [2.24, 2.45) is 0 Å². The minimum atomic E-state index is 0.233. The zero-order chi connectivity index (χ0) is 10.9. The largest absolute Gasteiger partial charge is 0.487 e. The molecule has 0 unspecified atom stereocenters. The van der Waals surface area contributed by atoms with Crippen molar-refractivity contribution in [2.45, 2.75) is 12.8 Å². The van der Waals surface area contributed by atoms with Crippen molar-refractivity contribution in [2.75, 3.05) is 18.9 Å². The molecule has 3 nitrogen and oxygen atoms in total. The van der Waals surface area contributed by atoms with Gasteiger partial charge in [-0.1, -0.05) is 24.3 Å². The number of para-hydroxylation sites is 2. The number of benzene rings is 1. The molecule has 0 radical (unpaired) electrons. The van der Waals surface area contributed by atoms with E-state index in [1.165, 1.54) is 0 Å². The molecule has 0 heterocycles. The fraction of sp³-hybridized carbons (Fsp3) is 0.333. The van der Waals surface area contributed by atoms with E-state index >= 15 is 0 Å². The van der Waals surface area contributed by atoms with Crippen LogP contribution < -0.4 is 10.5 Å². The summed E-state index contributed by atoms with van der Waals surface area (Å²) in [5.41, 5.74) is 6.35. The molecule has 1 aromatic carbocycles. The molecule has 0 aliphatic heterocycles. The second kappa shape index (κ2) is 6.90. The molecular formula is C12H17NO2. The maximum atomic E-state index is 8.56. The van der Waals surface area contributed by atoms with Crippen molar-refractivity contribution in [1.29, 1.82) is 0 Å². The predicted octanol–water partition coefficient (Wildman–Crippen LogP) is 1.98. The van der Waals surface area contributed by atoms with Gasteiger partial charge in [0.15, 0.2) is 0 Å². The number of nitrogen functional groups attached to an aromatic ring is 1. The molecule has 82 valence electrons. The molecule has 0 aliphatic carbocycles. The van der Waals surface area contributed by atoms with Crippen LogP contribution in [0, 0.1) is 0 Å². The number of unbranched alkanes of at least 4 members (excludes halogenated alkanes) is 1. The molecule has 15 heavy (non-hydrogen) atoms. The Labute approximate surface area is 90.2 Å². The van der Waals surface area contributed by atoms with Gasteiger partial charge in [0, 0.05) is 6.61 Å². The summed E-state index contributed by atoms with van der Waals surface area (Å²) in [5.74, 6) is 0.712. The predicted molar refractivity (Wildman–Crippen MR) is 61.8 cm³/mol. The van der Waals surface area contributed by atoms with Crippen molar-refractivity contribution < 1.29 is 9.84 Å². The Kier molecular flexibility index (Phi) is 5.33. The molecule has 0 aromatic heterocycles. The van der Waals surface area contributed by atoms with Crippen LogP contribution in [-0.4, -0.2) is 18.3 Å². The smallest absolute Gasteiger partial charge is 0.142 e. The van der Waals surface area contributed by atoms with Crippen LogP contribution in [0.5, 0.6) is 5.75 Å². The van der Waals surface area contributed by atoms with Gasteiger partial charge in [0.2, 0.25) is 0 Å². The van der Waals surface area contributed by atoms with Crippen LogP contribution in [0.25, 0.3) is 0 Å². The number of nitrogens with two attached hydrogens (primary N) is 1. The maximum absolute atomic E-state index is 8.56. The van der Waals surface area contributed by atoms with Gasteiger partial charge in [0.25, 0.3) is 0 Å². The Morgan fingerprint density at radius 2 is 2.07 bits per heavy atom. The topological polar surface area (TPSA) is 55.5 Å². The van der Waals surface area contributed by atoms with Gasteiger partial charge < -0.3 is 15.6 Å². The van der Waals surface area contributed by atoms with E-state index in [0.29, 0.717) is 18.0 Å². The number of rotatable bonds is 6. The number of aliphatic hydroxyl groups is 1. The lowest BCUT2D eigenvalue weighted by molar-refractivity contribution is 0.289.